The van der Waals surface area contributed by atoms with Gasteiger partial charge in [0.1, 0.15) is 5.82 Å². The van der Waals surface area contributed by atoms with Crippen molar-refractivity contribution in [2.24, 2.45) is 7.05 Å². The molecule has 112 valence electrons. The number of amides is 1. The highest BCUT2D eigenvalue weighted by Crippen LogP contribution is 2.17. The van der Waals surface area contributed by atoms with E-state index in [0.717, 1.165) is 24.4 Å². The van der Waals surface area contributed by atoms with Crippen molar-refractivity contribution in [1.29, 1.82) is 0 Å². The summed E-state index contributed by atoms with van der Waals surface area (Å²) >= 11 is 0. The summed E-state index contributed by atoms with van der Waals surface area (Å²) in [7, 11) is 1.84. The normalized spacial score (nSPS) is 12.2. The van der Waals surface area contributed by atoms with Crippen LogP contribution in [0.5, 0.6) is 0 Å². The third-order valence-corrected chi connectivity index (χ3v) is 3.23. The Morgan fingerprint density at radius 3 is 2.71 bits per heavy atom. The van der Waals surface area contributed by atoms with Crippen LogP contribution in [0.2, 0.25) is 0 Å². The molecule has 0 radical (unpaired) electrons. The van der Waals surface area contributed by atoms with Crippen molar-refractivity contribution in [3.05, 3.63) is 53.6 Å². The molecule has 1 aromatic carbocycles. The van der Waals surface area contributed by atoms with E-state index in [1.54, 1.807) is 12.4 Å². The van der Waals surface area contributed by atoms with Gasteiger partial charge in [-0.1, -0.05) is 13.3 Å². The average molecular weight is 293 g/mol. The number of hydrogen-bond acceptors (Lipinski definition) is 2. The Labute approximate surface area is 121 Å². The van der Waals surface area contributed by atoms with E-state index in [2.05, 4.69) is 10.3 Å². The lowest BCUT2D eigenvalue weighted by Gasteiger charge is -2.18. The molecule has 0 unspecified atom stereocenters. The van der Waals surface area contributed by atoms with Crippen molar-refractivity contribution in [1.82, 2.24) is 14.9 Å². The zero-order valence-corrected chi connectivity index (χ0v) is 11.9. The van der Waals surface area contributed by atoms with Gasteiger partial charge in [0, 0.05) is 25.0 Å². The number of hydrogen-bond donors (Lipinski definition) is 1. The van der Waals surface area contributed by atoms with Crippen molar-refractivity contribution in [3.63, 3.8) is 0 Å². The zero-order chi connectivity index (χ0) is 15.4. The van der Waals surface area contributed by atoms with Crippen LogP contribution >= 0.6 is 0 Å². The summed E-state index contributed by atoms with van der Waals surface area (Å²) in [6, 6.07) is 2.83. The molecular weight excluding hydrogens is 276 g/mol. The molecule has 0 bridgehead atoms. The third-order valence-electron chi connectivity index (χ3n) is 3.23. The van der Waals surface area contributed by atoms with Gasteiger partial charge >= 0.3 is 0 Å². The van der Waals surface area contributed by atoms with Gasteiger partial charge in [0.25, 0.3) is 5.91 Å². The molecule has 0 aliphatic heterocycles. The fourth-order valence-corrected chi connectivity index (χ4v) is 2.15. The summed E-state index contributed by atoms with van der Waals surface area (Å²) < 4.78 is 27.9. The van der Waals surface area contributed by atoms with Gasteiger partial charge in [0.2, 0.25) is 0 Å². The molecule has 1 aromatic heterocycles. The highest BCUT2D eigenvalue weighted by molar-refractivity contribution is 5.94. The Morgan fingerprint density at radius 1 is 1.38 bits per heavy atom. The van der Waals surface area contributed by atoms with Gasteiger partial charge in [-0.3, -0.25) is 4.79 Å². The van der Waals surface area contributed by atoms with E-state index < -0.39 is 17.5 Å². The maximum atomic E-state index is 13.2. The van der Waals surface area contributed by atoms with Crippen molar-refractivity contribution in [2.45, 2.75) is 25.8 Å². The van der Waals surface area contributed by atoms with Gasteiger partial charge in [-0.15, -0.1) is 0 Å². The first-order valence-electron chi connectivity index (χ1n) is 6.76. The number of aryl methyl sites for hydroxylation is 1. The van der Waals surface area contributed by atoms with Gasteiger partial charge in [0.15, 0.2) is 11.6 Å². The Hall–Kier alpha value is -2.24. The number of carbonyl (C=O) groups excluding carboxylic acids is 1. The van der Waals surface area contributed by atoms with E-state index in [0.29, 0.717) is 6.42 Å². The van der Waals surface area contributed by atoms with E-state index in [1.807, 2.05) is 18.5 Å². The summed E-state index contributed by atoms with van der Waals surface area (Å²) in [6.45, 7) is 2.00. The summed E-state index contributed by atoms with van der Waals surface area (Å²) in [4.78, 5) is 16.4. The maximum Gasteiger partial charge on any atom is 0.251 e. The standard InChI is InChI=1S/C15H17F2N3O/c1-3-4-13(14-18-7-8-20(14)2)19-15(21)10-5-6-11(16)12(17)9-10/h5-9,13H,3-4H2,1-2H3,(H,19,21)/t13-/m0/s1. The molecule has 1 amide bonds. The number of nitrogens with one attached hydrogen (secondary N) is 1. The summed E-state index contributed by atoms with van der Waals surface area (Å²) in [5.41, 5.74) is 0.0872. The number of halogens is 2. The average Bonchev–Trinajstić information content (AvgIpc) is 2.87. The van der Waals surface area contributed by atoms with E-state index >= 15 is 0 Å². The molecule has 0 aliphatic carbocycles. The Bertz CT molecular complexity index is 640. The second-order valence-electron chi connectivity index (χ2n) is 4.84. The molecule has 0 aliphatic rings. The van der Waals surface area contributed by atoms with E-state index in [1.165, 1.54) is 6.07 Å². The van der Waals surface area contributed by atoms with Crippen molar-refractivity contribution >= 4 is 5.91 Å². The second kappa shape index (κ2) is 6.47. The summed E-state index contributed by atoms with van der Waals surface area (Å²) in [5.74, 6) is -1.73. The predicted molar refractivity (Wildman–Crippen MR) is 74.7 cm³/mol. The summed E-state index contributed by atoms with van der Waals surface area (Å²) in [5, 5.41) is 2.81. The topological polar surface area (TPSA) is 46.9 Å². The number of benzene rings is 1. The number of rotatable bonds is 5. The SMILES string of the molecule is CCC[C@H](NC(=O)c1ccc(F)c(F)c1)c1nccn1C. The van der Waals surface area contributed by atoms with Crippen LogP contribution in [0.3, 0.4) is 0 Å². The van der Waals surface area contributed by atoms with Gasteiger partial charge in [-0.05, 0) is 24.6 Å². The van der Waals surface area contributed by atoms with E-state index in [9.17, 15) is 13.6 Å². The molecule has 0 saturated carbocycles. The number of aromatic nitrogens is 2. The predicted octanol–water partition coefficient (Wildman–Crippen LogP) is 2.97. The van der Waals surface area contributed by atoms with E-state index in [4.69, 9.17) is 0 Å². The maximum absolute atomic E-state index is 13.2. The van der Waals surface area contributed by atoms with Gasteiger partial charge < -0.3 is 9.88 Å². The number of carbonyl (C=O) groups is 1. The minimum atomic E-state index is -1.04. The lowest BCUT2D eigenvalue weighted by Crippen LogP contribution is -2.30. The molecule has 2 aromatic rings. The van der Waals surface area contributed by atoms with Crippen molar-refractivity contribution < 1.29 is 13.6 Å². The van der Waals surface area contributed by atoms with Crippen molar-refractivity contribution in [2.75, 3.05) is 0 Å². The molecular formula is C15H17F2N3O. The van der Waals surface area contributed by atoms with Crippen LogP contribution in [0.1, 0.15) is 42.0 Å². The lowest BCUT2D eigenvalue weighted by atomic mass is 10.1. The Morgan fingerprint density at radius 2 is 2.14 bits per heavy atom. The molecule has 0 saturated heterocycles. The van der Waals surface area contributed by atoms with Gasteiger partial charge in [-0.2, -0.15) is 0 Å². The highest BCUT2D eigenvalue weighted by atomic mass is 19.2. The smallest absolute Gasteiger partial charge is 0.251 e. The molecule has 21 heavy (non-hydrogen) atoms. The van der Waals surface area contributed by atoms with Gasteiger partial charge in [-0.25, -0.2) is 13.8 Å². The number of nitrogens with zero attached hydrogens (tertiary/aromatic N) is 2. The fourth-order valence-electron chi connectivity index (χ4n) is 2.15. The molecule has 4 nitrogen and oxygen atoms in total. The fraction of sp³-hybridized carbons (Fsp3) is 0.333. The van der Waals surface area contributed by atoms with E-state index in [-0.39, 0.29) is 11.6 Å². The molecule has 1 heterocycles. The molecule has 1 N–H and O–H groups in total. The second-order valence-corrected chi connectivity index (χ2v) is 4.84. The van der Waals surface area contributed by atoms with Crippen LogP contribution < -0.4 is 5.32 Å². The van der Waals surface area contributed by atoms with Crippen LogP contribution in [0.15, 0.2) is 30.6 Å². The zero-order valence-electron chi connectivity index (χ0n) is 11.9. The Balaban J connectivity index is 2.18. The first-order chi connectivity index (χ1) is 10.0. The van der Waals surface area contributed by atoms with Crippen LogP contribution in [0.4, 0.5) is 8.78 Å². The van der Waals surface area contributed by atoms with Crippen LogP contribution in [0, 0.1) is 11.6 Å². The first-order valence-corrected chi connectivity index (χ1v) is 6.76. The van der Waals surface area contributed by atoms with Crippen LogP contribution in [-0.4, -0.2) is 15.5 Å². The molecule has 0 fully saturated rings. The quantitative estimate of drug-likeness (QED) is 0.921. The van der Waals surface area contributed by atoms with Crippen LogP contribution in [0.25, 0.3) is 0 Å². The molecule has 2 rings (SSSR count). The Kier molecular flexibility index (Phi) is 4.67. The highest BCUT2D eigenvalue weighted by Gasteiger charge is 2.19. The molecule has 0 spiro atoms. The molecule has 6 heteroatoms. The number of imidazole rings is 1. The molecule has 1 atom stereocenters. The summed E-state index contributed by atoms with van der Waals surface area (Å²) in [6.07, 6.45) is 5.01. The van der Waals surface area contributed by atoms with Gasteiger partial charge in [0.05, 0.1) is 6.04 Å². The third kappa shape index (κ3) is 3.45. The van der Waals surface area contributed by atoms with Crippen molar-refractivity contribution in [3.8, 4) is 0 Å². The first kappa shape index (κ1) is 15.2. The minimum Gasteiger partial charge on any atom is -0.342 e. The monoisotopic (exact) mass is 293 g/mol. The minimum absolute atomic E-state index is 0.0872. The lowest BCUT2D eigenvalue weighted by molar-refractivity contribution is 0.0931. The van der Waals surface area contributed by atoms with Crippen LogP contribution in [-0.2, 0) is 7.05 Å². The largest absolute Gasteiger partial charge is 0.342 e.